The number of aliphatic hydroxyl groups excluding tert-OH is 1. The molecule has 78 valence electrons. The molecule has 0 saturated carbocycles. The van der Waals surface area contributed by atoms with E-state index in [1.54, 1.807) is 11.3 Å². The quantitative estimate of drug-likeness (QED) is 0.852. The molecule has 0 aliphatic rings. The molecule has 1 heterocycles. The number of benzene rings is 1. The zero-order valence-corrected chi connectivity index (χ0v) is 11.0. The standard InChI is InChI=1S/C12H11IOS/c13-10-5-3-9(4-6-10)8-11(14)12-2-1-7-15-12/h1-7,11,14H,8H2. The summed E-state index contributed by atoms with van der Waals surface area (Å²) in [6.07, 6.45) is 0.322. The van der Waals surface area contributed by atoms with Gasteiger partial charge in [0.15, 0.2) is 0 Å². The topological polar surface area (TPSA) is 20.2 Å². The highest BCUT2D eigenvalue weighted by atomic mass is 127. The van der Waals surface area contributed by atoms with E-state index < -0.39 is 0 Å². The summed E-state index contributed by atoms with van der Waals surface area (Å²) in [5.74, 6) is 0. The summed E-state index contributed by atoms with van der Waals surface area (Å²) in [7, 11) is 0. The van der Waals surface area contributed by atoms with Gasteiger partial charge in [-0.25, -0.2) is 0 Å². The maximum atomic E-state index is 9.94. The van der Waals surface area contributed by atoms with E-state index in [9.17, 15) is 5.11 Å². The van der Waals surface area contributed by atoms with Crippen molar-refractivity contribution in [3.05, 3.63) is 55.8 Å². The normalized spacial score (nSPS) is 12.7. The van der Waals surface area contributed by atoms with Crippen molar-refractivity contribution in [2.75, 3.05) is 0 Å². The summed E-state index contributed by atoms with van der Waals surface area (Å²) >= 11 is 3.88. The van der Waals surface area contributed by atoms with Crippen LogP contribution >= 0.6 is 33.9 Å². The largest absolute Gasteiger partial charge is 0.387 e. The highest BCUT2D eigenvalue weighted by molar-refractivity contribution is 14.1. The molecule has 3 heteroatoms. The predicted octanol–water partition coefficient (Wildman–Crippen LogP) is 3.63. The molecule has 1 nitrogen and oxygen atoms in total. The first-order valence-electron chi connectivity index (χ1n) is 4.71. The molecule has 0 aliphatic carbocycles. The van der Waals surface area contributed by atoms with Crippen molar-refractivity contribution in [2.45, 2.75) is 12.5 Å². The lowest BCUT2D eigenvalue weighted by Crippen LogP contribution is -1.99. The summed E-state index contributed by atoms with van der Waals surface area (Å²) in [4.78, 5) is 1.04. The molecule has 0 fully saturated rings. The Morgan fingerprint density at radius 3 is 2.53 bits per heavy atom. The van der Waals surface area contributed by atoms with Crippen LogP contribution in [0.1, 0.15) is 16.5 Å². The van der Waals surface area contributed by atoms with Crippen molar-refractivity contribution in [3.63, 3.8) is 0 Å². The molecule has 2 rings (SSSR count). The van der Waals surface area contributed by atoms with E-state index in [0.717, 1.165) is 4.88 Å². The number of rotatable bonds is 3. The van der Waals surface area contributed by atoms with Gasteiger partial charge in [0.05, 0.1) is 6.10 Å². The van der Waals surface area contributed by atoms with Gasteiger partial charge in [-0.2, -0.15) is 0 Å². The van der Waals surface area contributed by atoms with Crippen LogP contribution in [-0.2, 0) is 6.42 Å². The summed E-state index contributed by atoms with van der Waals surface area (Å²) in [5.41, 5.74) is 1.18. The van der Waals surface area contributed by atoms with E-state index in [-0.39, 0.29) is 6.10 Å². The number of aliphatic hydroxyl groups is 1. The second-order valence-corrected chi connectivity index (χ2v) is 5.59. The van der Waals surface area contributed by atoms with Crippen LogP contribution in [0, 0.1) is 3.57 Å². The van der Waals surface area contributed by atoms with Crippen LogP contribution in [0.4, 0.5) is 0 Å². The Morgan fingerprint density at radius 1 is 1.20 bits per heavy atom. The Kier molecular flexibility index (Phi) is 3.77. The first kappa shape index (κ1) is 11.1. The van der Waals surface area contributed by atoms with Crippen LogP contribution in [0.3, 0.4) is 0 Å². The molecule has 2 aromatic rings. The summed E-state index contributed by atoms with van der Waals surface area (Å²) in [6, 6.07) is 12.2. The van der Waals surface area contributed by atoms with Crippen molar-refractivity contribution >= 4 is 33.9 Å². The first-order valence-corrected chi connectivity index (χ1v) is 6.67. The molecule has 0 bridgehead atoms. The van der Waals surface area contributed by atoms with Crippen molar-refractivity contribution in [2.24, 2.45) is 0 Å². The second-order valence-electron chi connectivity index (χ2n) is 3.36. The van der Waals surface area contributed by atoms with Crippen LogP contribution in [0.2, 0.25) is 0 Å². The van der Waals surface area contributed by atoms with Gasteiger partial charge < -0.3 is 5.11 Å². The maximum Gasteiger partial charge on any atom is 0.0922 e. The fourth-order valence-corrected chi connectivity index (χ4v) is 2.50. The van der Waals surface area contributed by atoms with E-state index >= 15 is 0 Å². The molecule has 0 aliphatic heterocycles. The van der Waals surface area contributed by atoms with Gasteiger partial charge >= 0.3 is 0 Å². The van der Waals surface area contributed by atoms with Gasteiger partial charge in [0.25, 0.3) is 0 Å². The SMILES string of the molecule is OC(Cc1ccc(I)cc1)c1cccs1. The van der Waals surface area contributed by atoms with Gasteiger partial charge in [-0.05, 0) is 51.7 Å². The van der Waals surface area contributed by atoms with E-state index in [2.05, 4.69) is 46.9 Å². The van der Waals surface area contributed by atoms with E-state index in [4.69, 9.17) is 0 Å². The second kappa shape index (κ2) is 5.09. The van der Waals surface area contributed by atoms with Gasteiger partial charge in [-0.15, -0.1) is 11.3 Å². The zero-order chi connectivity index (χ0) is 10.7. The lowest BCUT2D eigenvalue weighted by Gasteiger charge is -2.08. The molecule has 15 heavy (non-hydrogen) atoms. The highest BCUT2D eigenvalue weighted by Crippen LogP contribution is 2.22. The highest BCUT2D eigenvalue weighted by Gasteiger charge is 2.08. The van der Waals surface area contributed by atoms with Crippen molar-refractivity contribution in [1.82, 2.24) is 0 Å². The van der Waals surface area contributed by atoms with Crippen molar-refractivity contribution < 1.29 is 5.11 Å². The third-order valence-electron chi connectivity index (χ3n) is 2.21. The summed E-state index contributed by atoms with van der Waals surface area (Å²) < 4.78 is 1.22. The summed E-state index contributed by atoms with van der Waals surface area (Å²) in [6.45, 7) is 0. The van der Waals surface area contributed by atoms with E-state index in [0.29, 0.717) is 6.42 Å². The number of hydrogen-bond acceptors (Lipinski definition) is 2. The molecule has 0 amide bonds. The molecule has 1 unspecified atom stereocenters. The van der Waals surface area contributed by atoms with Crippen LogP contribution < -0.4 is 0 Å². The first-order chi connectivity index (χ1) is 7.25. The fraction of sp³-hybridized carbons (Fsp3) is 0.167. The lowest BCUT2D eigenvalue weighted by atomic mass is 10.1. The number of hydrogen-bond donors (Lipinski definition) is 1. The minimum Gasteiger partial charge on any atom is -0.387 e. The third-order valence-corrected chi connectivity index (χ3v) is 3.91. The smallest absolute Gasteiger partial charge is 0.0922 e. The zero-order valence-electron chi connectivity index (χ0n) is 8.06. The minimum atomic E-state index is -0.370. The third kappa shape index (κ3) is 3.03. The molecule has 1 atom stereocenters. The van der Waals surface area contributed by atoms with Crippen LogP contribution in [0.5, 0.6) is 0 Å². The van der Waals surface area contributed by atoms with Gasteiger partial charge in [0.2, 0.25) is 0 Å². The molecular weight excluding hydrogens is 319 g/mol. The molecule has 1 N–H and O–H groups in total. The van der Waals surface area contributed by atoms with Crippen LogP contribution in [0.25, 0.3) is 0 Å². The maximum absolute atomic E-state index is 9.94. The molecule has 0 saturated heterocycles. The van der Waals surface area contributed by atoms with E-state index in [1.165, 1.54) is 9.13 Å². The number of thiophene rings is 1. The van der Waals surface area contributed by atoms with Gasteiger partial charge in [-0.1, -0.05) is 18.2 Å². The molecule has 1 aromatic heterocycles. The Bertz CT molecular complexity index is 408. The summed E-state index contributed by atoms with van der Waals surface area (Å²) in [5, 5.41) is 11.9. The predicted molar refractivity (Wildman–Crippen MR) is 72.1 cm³/mol. The van der Waals surface area contributed by atoms with Crippen LogP contribution in [0.15, 0.2) is 41.8 Å². The monoisotopic (exact) mass is 330 g/mol. The minimum absolute atomic E-state index is 0.370. The average molecular weight is 330 g/mol. The fourth-order valence-electron chi connectivity index (χ4n) is 1.43. The molecule has 1 aromatic carbocycles. The Hall–Kier alpha value is -0.390. The Morgan fingerprint density at radius 2 is 1.93 bits per heavy atom. The molecular formula is C12H11IOS. The molecule has 0 radical (unpaired) electrons. The van der Waals surface area contributed by atoms with Crippen molar-refractivity contribution in [1.29, 1.82) is 0 Å². The average Bonchev–Trinajstić information content (AvgIpc) is 2.74. The van der Waals surface area contributed by atoms with E-state index in [1.807, 2.05) is 17.5 Å². The van der Waals surface area contributed by atoms with Gasteiger partial charge in [0, 0.05) is 14.9 Å². The Labute approximate surface area is 107 Å². The lowest BCUT2D eigenvalue weighted by molar-refractivity contribution is 0.182. The van der Waals surface area contributed by atoms with Crippen molar-refractivity contribution in [3.8, 4) is 0 Å². The Balaban J connectivity index is 2.06. The van der Waals surface area contributed by atoms with Gasteiger partial charge in [-0.3, -0.25) is 0 Å². The van der Waals surface area contributed by atoms with Crippen LogP contribution in [-0.4, -0.2) is 5.11 Å². The van der Waals surface area contributed by atoms with Gasteiger partial charge in [0.1, 0.15) is 0 Å². The molecule has 0 spiro atoms. The number of halogens is 1.